The Bertz CT molecular complexity index is 585. The molecule has 2 aromatic heterocycles. The molecular weight excluding hydrogens is 280 g/mol. The Morgan fingerprint density at radius 1 is 1.27 bits per heavy atom. The van der Waals surface area contributed by atoms with Crippen LogP contribution in [0.5, 0.6) is 0 Å². The molecule has 1 saturated heterocycles. The molecule has 0 spiro atoms. The molecule has 0 radical (unpaired) electrons. The molecule has 1 N–H and O–H groups in total. The van der Waals surface area contributed by atoms with Gasteiger partial charge in [-0.05, 0) is 25.0 Å². The highest BCUT2D eigenvalue weighted by atomic mass is 16.2. The van der Waals surface area contributed by atoms with E-state index in [4.69, 9.17) is 0 Å². The highest BCUT2D eigenvalue weighted by Gasteiger charge is 2.24. The van der Waals surface area contributed by atoms with Gasteiger partial charge in [0.05, 0.1) is 6.04 Å². The maximum atomic E-state index is 12.3. The van der Waals surface area contributed by atoms with Crippen LogP contribution in [0.15, 0.2) is 36.9 Å². The van der Waals surface area contributed by atoms with Crippen LogP contribution in [0, 0.1) is 0 Å². The summed E-state index contributed by atoms with van der Waals surface area (Å²) in [5.41, 5.74) is 0. The predicted octanol–water partition coefficient (Wildman–Crippen LogP) is 1.34. The molecule has 1 aliphatic rings. The van der Waals surface area contributed by atoms with Crippen molar-refractivity contribution in [3.8, 4) is 0 Å². The first-order valence-electron chi connectivity index (χ1n) is 7.61. The molecule has 3 rings (SSSR count). The van der Waals surface area contributed by atoms with Gasteiger partial charge in [0.1, 0.15) is 0 Å². The van der Waals surface area contributed by atoms with Gasteiger partial charge >= 0.3 is 0 Å². The van der Waals surface area contributed by atoms with E-state index in [9.17, 15) is 4.79 Å². The second-order valence-corrected chi connectivity index (χ2v) is 5.37. The topological polar surface area (TPSA) is 75.9 Å². The molecule has 0 saturated carbocycles. The number of aromatic nitrogens is 4. The number of amides is 1. The summed E-state index contributed by atoms with van der Waals surface area (Å²) in [6, 6.07) is 3.97. The van der Waals surface area contributed by atoms with Crippen LogP contribution in [0.25, 0.3) is 0 Å². The molecule has 0 aliphatic carbocycles. The predicted molar refractivity (Wildman–Crippen MR) is 82.2 cm³/mol. The van der Waals surface area contributed by atoms with Gasteiger partial charge < -0.3 is 10.2 Å². The first kappa shape index (κ1) is 14.5. The summed E-state index contributed by atoms with van der Waals surface area (Å²) in [6.07, 6.45) is 9.64. The normalized spacial score (nSPS) is 18.2. The number of hydrogen-bond donors (Lipinski definition) is 1. The smallest absolute Gasteiger partial charge is 0.224 e. The summed E-state index contributed by atoms with van der Waals surface area (Å²) in [6.45, 7) is 2.12. The largest absolute Gasteiger partial charge is 0.354 e. The fourth-order valence-corrected chi connectivity index (χ4v) is 2.72. The molecule has 7 heteroatoms. The van der Waals surface area contributed by atoms with Gasteiger partial charge in [-0.15, -0.1) is 0 Å². The average molecular weight is 300 g/mol. The van der Waals surface area contributed by atoms with Gasteiger partial charge in [-0.3, -0.25) is 9.48 Å². The second-order valence-electron chi connectivity index (χ2n) is 5.37. The van der Waals surface area contributed by atoms with Crippen molar-refractivity contribution in [2.75, 3.05) is 25.0 Å². The Balaban J connectivity index is 1.47. The zero-order valence-electron chi connectivity index (χ0n) is 12.4. The van der Waals surface area contributed by atoms with Crippen molar-refractivity contribution in [2.24, 2.45) is 0 Å². The molecular formula is C15H20N6O. The van der Waals surface area contributed by atoms with Crippen molar-refractivity contribution in [3.63, 3.8) is 0 Å². The van der Waals surface area contributed by atoms with E-state index in [2.05, 4.69) is 20.4 Å². The number of piperidine rings is 1. The first-order valence-corrected chi connectivity index (χ1v) is 7.61. The molecule has 1 amide bonds. The molecule has 2 aromatic rings. The molecule has 0 aromatic carbocycles. The lowest BCUT2D eigenvalue weighted by Gasteiger charge is -2.33. The van der Waals surface area contributed by atoms with E-state index in [1.807, 2.05) is 21.8 Å². The minimum Gasteiger partial charge on any atom is -0.354 e. The standard InChI is InChI=1S/C15H20N6O/c22-14(5-9-18-15-16-6-2-7-17-15)20-10-1-4-13(12-20)21-11-3-8-19-21/h2-3,6-8,11,13H,1,4-5,9-10,12H2,(H,16,17,18). The van der Waals surface area contributed by atoms with Crippen LogP contribution in [0.4, 0.5) is 5.95 Å². The molecule has 7 nitrogen and oxygen atoms in total. The van der Waals surface area contributed by atoms with Gasteiger partial charge in [0.25, 0.3) is 0 Å². The van der Waals surface area contributed by atoms with Crippen LogP contribution < -0.4 is 5.32 Å². The number of rotatable bonds is 5. The summed E-state index contributed by atoms with van der Waals surface area (Å²) in [7, 11) is 0. The van der Waals surface area contributed by atoms with Crippen molar-refractivity contribution in [3.05, 3.63) is 36.9 Å². The van der Waals surface area contributed by atoms with Crippen LogP contribution in [-0.2, 0) is 4.79 Å². The molecule has 1 fully saturated rings. The van der Waals surface area contributed by atoms with Crippen molar-refractivity contribution >= 4 is 11.9 Å². The van der Waals surface area contributed by atoms with Crippen molar-refractivity contribution in [1.82, 2.24) is 24.6 Å². The van der Waals surface area contributed by atoms with E-state index in [0.717, 1.165) is 25.9 Å². The van der Waals surface area contributed by atoms with E-state index in [-0.39, 0.29) is 11.9 Å². The summed E-state index contributed by atoms with van der Waals surface area (Å²) in [5, 5.41) is 7.35. The molecule has 1 atom stereocenters. The van der Waals surface area contributed by atoms with E-state index in [0.29, 0.717) is 18.9 Å². The maximum absolute atomic E-state index is 12.3. The fraction of sp³-hybridized carbons (Fsp3) is 0.467. The number of likely N-dealkylation sites (tertiary alicyclic amines) is 1. The van der Waals surface area contributed by atoms with Crippen molar-refractivity contribution < 1.29 is 4.79 Å². The van der Waals surface area contributed by atoms with Gasteiger partial charge in [-0.25, -0.2) is 9.97 Å². The highest BCUT2D eigenvalue weighted by molar-refractivity contribution is 5.76. The SMILES string of the molecule is O=C(CCNc1ncccn1)N1CCCC(n2cccn2)C1. The van der Waals surface area contributed by atoms with Gasteiger partial charge in [0.15, 0.2) is 0 Å². The van der Waals surface area contributed by atoms with Gasteiger partial charge in [-0.2, -0.15) is 5.10 Å². The molecule has 116 valence electrons. The Morgan fingerprint density at radius 3 is 2.91 bits per heavy atom. The van der Waals surface area contributed by atoms with Crippen molar-refractivity contribution in [2.45, 2.75) is 25.3 Å². The van der Waals surface area contributed by atoms with Crippen molar-refractivity contribution in [1.29, 1.82) is 0 Å². The first-order chi connectivity index (χ1) is 10.8. The average Bonchev–Trinajstić information content (AvgIpc) is 3.10. The number of hydrogen-bond acceptors (Lipinski definition) is 5. The van der Waals surface area contributed by atoms with Crippen LogP contribution in [0.3, 0.4) is 0 Å². The molecule has 22 heavy (non-hydrogen) atoms. The number of carbonyl (C=O) groups excluding carboxylic acids is 1. The third-order valence-electron chi connectivity index (χ3n) is 3.84. The highest BCUT2D eigenvalue weighted by Crippen LogP contribution is 2.21. The zero-order valence-corrected chi connectivity index (χ0v) is 12.4. The minimum absolute atomic E-state index is 0.167. The minimum atomic E-state index is 0.167. The summed E-state index contributed by atoms with van der Waals surface area (Å²) in [5.74, 6) is 0.726. The van der Waals surface area contributed by atoms with Crippen LogP contribution >= 0.6 is 0 Å². The van der Waals surface area contributed by atoms with Gasteiger partial charge in [-0.1, -0.05) is 0 Å². The monoisotopic (exact) mass is 300 g/mol. The fourth-order valence-electron chi connectivity index (χ4n) is 2.72. The van der Waals surface area contributed by atoms with E-state index < -0.39 is 0 Å². The molecule has 0 bridgehead atoms. The Hall–Kier alpha value is -2.44. The van der Waals surface area contributed by atoms with E-state index in [1.165, 1.54) is 0 Å². The molecule has 1 unspecified atom stereocenters. The molecule has 1 aliphatic heterocycles. The Kier molecular flexibility index (Phi) is 4.62. The van der Waals surface area contributed by atoms with E-state index in [1.54, 1.807) is 24.7 Å². The Labute approximate surface area is 129 Å². The number of nitrogens with one attached hydrogen (secondary N) is 1. The van der Waals surface area contributed by atoms with E-state index >= 15 is 0 Å². The lowest BCUT2D eigenvalue weighted by atomic mass is 10.1. The number of anilines is 1. The van der Waals surface area contributed by atoms with Crippen LogP contribution in [0.2, 0.25) is 0 Å². The van der Waals surface area contributed by atoms with Gasteiger partial charge in [0, 0.05) is 50.8 Å². The number of nitrogens with zero attached hydrogens (tertiary/aromatic N) is 5. The quantitative estimate of drug-likeness (QED) is 0.902. The third kappa shape index (κ3) is 3.60. The summed E-state index contributed by atoms with van der Waals surface area (Å²) < 4.78 is 1.95. The second kappa shape index (κ2) is 7.02. The van der Waals surface area contributed by atoms with Crippen LogP contribution in [-0.4, -0.2) is 50.2 Å². The maximum Gasteiger partial charge on any atom is 0.224 e. The summed E-state index contributed by atoms with van der Waals surface area (Å²) in [4.78, 5) is 22.4. The lowest BCUT2D eigenvalue weighted by Crippen LogP contribution is -2.41. The number of carbonyl (C=O) groups is 1. The third-order valence-corrected chi connectivity index (χ3v) is 3.84. The van der Waals surface area contributed by atoms with Gasteiger partial charge in [0.2, 0.25) is 11.9 Å². The summed E-state index contributed by atoms with van der Waals surface area (Å²) >= 11 is 0. The zero-order chi connectivity index (χ0) is 15.2. The lowest BCUT2D eigenvalue weighted by molar-refractivity contribution is -0.132. The Morgan fingerprint density at radius 2 is 2.14 bits per heavy atom. The molecule has 3 heterocycles. The van der Waals surface area contributed by atoms with Crippen LogP contribution in [0.1, 0.15) is 25.3 Å².